The minimum absolute atomic E-state index is 0.0747. The molecule has 0 unspecified atom stereocenters. The van der Waals surface area contributed by atoms with Crippen LogP contribution in [0.5, 0.6) is 6.01 Å². The lowest BCUT2D eigenvalue weighted by Crippen LogP contribution is -2.58. The molecule has 3 amide bonds. The molecule has 1 aliphatic heterocycles. The number of rotatable bonds is 5. The molecule has 3 rings (SSSR count). The Balaban J connectivity index is 1.96. The van der Waals surface area contributed by atoms with Crippen molar-refractivity contribution in [2.24, 2.45) is 0 Å². The van der Waals surface area contributed by atoms with E-state index in [1.807, 2.05) is 0 Å². The van der Waals surface area contributed by atoms with E-state index in [1.165, 1.54) is 11.8 Å². The fourth-order valence-electron chi connectivity index (χ4n) is 2.99. The maximum Gasteiger partial charge on any atom is 0.389 e. The summed E-state index contributed by atoms with van der Waals surface area (Å²) in [5.74, 6) is -2.51. The van der Waals surface area contributed by atoms with Gasteiger partial charge in [0.15, 0.2) is 0 Å². The second kappa shape index (κ2) is 9.33. The van der Waals surface area contributed by atoms with Crippen molar-refractivity contribution < 1.29 is 31.9 Å². The normalized spacial score (nSPS) is 17.3. The van der Waals surface area contributed by atoms with Gasteiger partial charge >= 0.3 is 18.7 Å². The van der Waals surface area contributed by atoms with Crippen molar-refractivity contribution >= 4 is 23.5 Å². The van der Waals surface area contributed by atoms with Gasteiger partial charge in [-0.25, -0.2) is 23.5 Å². The standard InChI is InChI=1S/C18H16ClF4N5O3/c1-8-15(29)24-4-5-28(8)18(30)27-14(10-2-3-11(20)12(19)13(10)21)9-6-25-17(26-7-9)31-16(22)23/h2-3,6-8,14,16H,4-5H2,1H3,(H,24,29)(H,27,30)/t8-,14+/m1/s1. The Kier molecular flexibility index (Phi) is 6.78. The molecule has 13 heteroatoms. The van der Waals surface area contributed by atoms with E-state index in [0.29, 0.717) is 0 Å². The average molecular weight is 462 g/mol. The maximum absolute atomic E-state index is 14.7. The van der Waals surface area contributed by atoms with E-state index < -0.39 is 47.4 Å². The summed E-state index contributed by atoms with van der Waals surface area (Å²) in [5.41, 5.74) is -0.148. The Hall–Kier alpha value is -3.15. The molecule has 0 spiro atoms. The highest BCUT2D eigenvalue weighted by Crippen LogP contribution is 2.30. The van der Waals surface area contributed by atoms with Crippen LogP contribution in [0.15, 0.2) is 24.5 Å². The summed E-state index contributed by atoms with van der Waals surface area (Å²) in [6.45, 7) is -1.23. The lowest BCUT2D eigenvalue weighted by Gasteiger charge is -2.34. The lowest BCUT2D eigenvalue weighted by atomic mass is 10.0. The first-order valence-electron chi connectivity index (χ1n) is 8.94. The van der Waals surface area contributed by atoms with Gasteiger partial charge in [-0.15, -0.1) is 0 Å². The number of amides is 3. The molecule has 31 heavy (non-hydrogen) atoms. The number of piperazine rings is 1. The molecule has 1 fully saturated rings. The number of urea groups is 1. The summed E-state index contributed by atoms with van der Waals surface area (Å²) in [7, 11) is 0. The van der Waals surface area contributed by atoms with Crippen molar-refractivity contribution in [1.29, 1.82) is 0 Å². The summed E-state index contributed by atoms with van der Waals surface area (Å²) in [4.78, 5) is 33.1. The Bertz CT molecular complexity index is 979. The first-order valence-corrected chi connectivity index (χ1v) is 9.31. The molecular formula is C18H16ClF4N5O3. The van der Waals surface area contributed by atoms with Crippen LogP contribution >= 0.6 is 11.6 Å². The molecule has 0 aliphatic carbocycles. The monoisotopic (exact) mass is 461 g/mol. The summed E-state index contributed by atoms with van der Waals surface area (Å²) >= 11 is 5.66. The molecule has 0 saturated carbocycles. The summed E-state index contributed by atoms with van der Waals surface area (Å²) in [6, 6.07) is -1.45. The fraction of sp³-hybridized carbons (Fsp3) is 0.333. The molecule has 2 heterocycles. The number of alkyl halides is 2. The second-order valence-electron chi connectivity index (χ2n) is 6.48. The molecule has 2 atom stereocenters. The SMILES string of the molecule is C[C@@H]1C(=O)NCCN1C(=O)N[C@@H](c1cnc(OC(F)F)nc1)c1ccc(F)c(Cl)c1F. The van der Waals surface area contributed by atoms with Crippen LogP contribution in [0.1, 0.15) is 24.1 Å². The molecule has 2 N–H and O–H groups in total. The number of nitrogens with one attached hydrogen (secondary N) is 2. The van der Waals surface area contributed by atoms with E-state index >= 15 is 0 Å². The number of ether oxygens (including phenoxy) is 1. The molecule has 1 aromatic heterocycles. The number of hydrogen-bond acceptors (Lipinski definition) is 5. The number of hydrogen-bond donors (Lipinski definition) is 2. The van der Waals surface area contributed by atoms with Gasteiger partial charge in [0.1, 0.15) is 22.7 Å². The number of carbonyl (C=O) groups is 2. The predicted octanol–water partition coefficient (Wildman–Crippen LogP) is 2.63. The van der Waals surface area contributed by atoms with Crippen LogP contribution in [0, 0.1) is 11.6 Å². The topological polar surface area (TPSA) is 96.5 Å². The molecule has 1 aromatic carbocycles. The van der Waals surface area contributed by atoms with Gasteiger partial charge in [0.05, 0.1) is 6.04 Å². The second-order valence-corrected chi connectivity index (χ2v) is 6.86. The van der Waals surface area contributed by atoms with Gasteiger partial charge in [-0.1, -0.05) is 17.7 Å². The first kappa shape index (κ1) is 22.5. The third-order valence-corrected chi connectivity index (χ3v) is 4.93. The van der Waals surface area contributed by atoms with Crippen molar-refractivity contribution in [2.75, 3.05) is 13.1 Å². The van der Waals surface area contributed by atoms with Gasteiger partial charge in [-0.2, -0.15) is 8.78 Å². The van der Waals surface area contributed by atoms with Crippen LogP contribution in [0.4, 0.5) is 22.4 Å². The Morgan fingerprint density at radius 3 is 2.65 bits per heavy atom. The quantitative estimate of drug-likeness (QED) is 0.527. The van der Waals surface area contributed by atoms with E-state index in [2.05, 4.69) is 25.3 Å². The van der Waals surface area contributed by atoms with Gasteiger partial charge in [0.25, 0.3) is 0 Å². The Labute approximate surface area is 178 Å². The number of halogens is 5. The van der Waals surface area contributed by atoms with Gasteiger partial charge in [0.2, 0.25) is 5.91 Å². The van der Waals surface area contributed by atoms with Gasteiger partial charge in [-0.3, -0.25) is 4.79 Å². The van der Waals surface area contributed by atoms with Crippen molar-refractivity contribution in [1.82, 2.24) is 25.5 Å². The number of aromatic nitrogens is 2. The third-order valence-electron chi connectivity index (χ3n) is 4.58. The van der Waals surface area contributed by atoms with Crippen molar-refractivity contribution in [3.63, 3.8) is 0 Å². The molecular weight excluding hydrogens is 446 g/mol. The zero-order valence-corrected chi connectivity index (χ0v) is 16.7. The molecule has 8 nitrogen and oxygen atoms in total. The van der Waals surface area contributed by atoms with Gasteiger partial charge in [-0.05, 0) is 13.0 Å². The molecule has 2 aromatic rings. The fourth-order valence-corrected chi connectivity index (χ4v) is 3.16. The van der Waals surface area contributed by atoms with E-state index in [9.17, 15) is 27.2 Å². The third kappa shape index (κ3) is 4.95. The van der Waals surface area contributed by atoms with Crippen molar-refractivity contribution in [2.45, 2.75) is 25.6 Å². The predicted molar refractivity (Wildman–Crippen MR) is 99.6 cm³/mol. The van der Waals surface area contributed by atoms with Gasteiger partial charge in [0, 0.05) is 36.6 Å². The largest absolute Gasteiger partial charge is 0.401 e. The highest BCUT2D eigenvalue weighted by Gasteiger charge is 2.32. The molecule has 1 aliphatic rings. The van der Waals surface area contributed by atoms with Gasteiger partial charge < -0.3 is 20.3 Å². The molecule has 0 radical (unpaired) electrons. The number of carbonyl (C=O) groups excluding carboxylic acids is 2. The zero-order chi connectivity index (χ0) is 22.7. The molecule has 0 bridgehead atoms. The molecule has 1 saturated heterocycles. The highest BCUT2D eigenvalue weighted by atomic mass is 35.5. The zero-order valence-electron chi connectivity index (χ0n) is 15.9. The minimum atomic E-state index is -3.15. The number of benzene rings is 1. The smallest absolute Gasteiger partial charge is 0.389 e. The van der Waals surface area contributed by atoms with E-state index in [0.717, 1.165) is 24.5 Å². The van der Waals surface area contributed by atoms with Crippen LogP contribution < -0.4 is 15.4 Å². The van der Waals surface area contributed by atoms with E-state index in [4.69, 9.17) is 11.6 Å². The number of nitrogens with zero attached hydrogens (tertiary/aromatic N) is 3. The van der Waals surface area contributed by atoms with Crippen LogP contribution in [-0.4, -0.2) is 52.5 Å². The Morgan fingerprint density at radius 2 is 2.00 bits per heavy atom. The minimum Gasteiger partial charge on any atom is -0.401 e. The van der Waals surface area contributed by atoms with E-state index in [-0.39, 0.29) is 30.1 Å². The van der Waals surface area contributed by atoms with E-state index in [1.54, 1.807) is 0 Å². The Morgan fingerprint density at radius 1 is 1.32 bits per heavy atom. The van der Waals surface area contributed by atoms with Crippen molar-refractivity contribution in [3.8, 4) is 6.01 Å². The van der Waals surface area contributed by atoms with Crippen LogP contribution in [0.3, 0.4) is 0 Å². The lowest BCUT2D eigenvalue weighted by molar-refractivity contribution is -0.126. The summed E-state index contributed by atoms with van der Waals surface area (Å²) in [6.07, 6.45) is 2.08. The summed E-state index contributed by atoms with van der Waals surface area (Å²) < 4.78 is 57.1. The maximum atomic E-state index is 14.7. The van der Waals surface area contributed by atoms with Crippen LogP contribution in [0.25, 0.3) is 0 Å². The van der Waals surface area contributed by atoms with Crippen LogP contribution in [-0.2, 0) is 4.79 Å². The molecule has 166 valence electrons. The first-order chi connectivity index (χ1) is 14.7. The van der Waals surface area contributed by atoms with Crippen LogP contribution in [0.2, 0.25) is 5.02 Å². The van der Waals surface area contributed by atoms with Crippen molar-refractivity contribution in [3.05, 3.63) is 52.3 Å². The average Bonchev–Trinajstić information content (AvgIpc) is 2.73. The summed E-state index contributed by atoms with van der Waals surface area (Å²) in [5, 5.41) is 4.35. The highest BCUT2D eigenvalue weighted by molar-refractivity contribution is 6.31.